The molecule has 0 heterocycles. The van der Waals surface area contributed by atoms with E-state index in [1.165, 1.54) is 0 Å². The van der Waals surface area contributed by atoms with Crippen molar-refractivity contribution in [3.63, 3.8) is 0 Å². The maximum atomic E-state index is 11.9. The van der Waals surface area contributed by atoms with Crippen LogP contribution >= 0.6 is 0 Å². The summed E-state index contributed by atoms with van der Waals surface area (Å²) in [5.74, 6) is -0.423. The third kappa shape index (κ3) is 4.00. The van der Waals surface area contributed by atoms with Gasteiger partial charge in [-0.05, 0) is 37.2 Å². The van der Waals surface area contributed by atoms with Crippen molar-refractivity contribution < 1.29 is 19.4 Å². The molecule has 22 heavy (non-hydrogen) atoms. The van der Waals surface area contributed by atoms with Gasteiger partial charge in [-0.25, -0.2) is 9.59 Å². The Morgan fingerprint density at radius 2 is 1.91 bits per heavy atom. The van der Waals surface area contributed by atoms with Gasteiger partial charge in [0.1, 0.15) is 12.1 Å². The topological polar surface area (TPSA) is 75.6 Å². The van der Waals surface area contributed by atoms with Crippen LogP contribution in [0, 0.1) is 5.92 Å². The maximum absolute atomic E-state index is 11.9. The van der Waals surface area contributed by atoms with Crippen molar-refractivity contribution in [3.05, 3.63) is 35.9 Å². The Balaban J connectivity index is 1.91. The van der Waals surface area contributed by atoms with E-state index in [4.69, 9.17) is 4.74 Å². The minimum Gasteiger partial charge on any atom is -0.480 e. The van der Waals surface area contributed by atoms with Crippen LogP contribution in [0.25, 0.3) is 0 Å². The van der Waals surface area contributed by atoms with Gasteiger partial charge in [0.2, 0.25) is 0 Å². The second-order valence-corrected chi connectivity index (χ2v) is 5.93. The number of aliphatic carboxylic acids is 1. The number of nitrogens with one attached hydrogen (secondary N) is 1. The van der Waals surface area contributed by atoms with E-state index in [-0.39, 0.29) is 6.61 Å². The summed E-state index contributed by atoms with van der Waals surface area (Å²) in [6, 6.07) is 9.32. The fourth-order valence-electron chi connectivity index (χ4n) is 2.93. The molecule has 5 heteroatoms. The van der Waals surface area contributed by atoms with Crippen LogP contribution in [0.15, 0.2) is 30.3 Å². The number of carboxylic acids is 1. The van der Waals surface area contributed by atoms with Crippen LogP contribution in [-0.2, 0) is 16.1 Å². The predicted octanol–water partition coefficient (Wildman–Crippen LogP) is 3.34. The molecule has 2 rings (SSSR count). The second-order valence-electron chi connectivity index (χ2n) is 5.93. The zero-order valence-electron chi connectivity index (χ0n) is 12.9. The molecule has 1 aromatic rings. The van der Waals surface area contributed by atoms with Crippen LogP contribution in [0.2, 0.25) is 0 Å². The van der Waals surface area contributed by atoms with Crippen molar-refractivity contribution in [2.24, 2.45) is 5.92 Å². The Hall–Kier alpha value is -2.04. The number of hydrogen-bond donors (Lipinski definition) is 2. The number of ether oxygens (including phenoxy) is 1. The Morgan fingerprint density at radius 3 is 2.45 bits per heavy atom. The SMILES string of the molecule is CCC1CCC(NC(=O)OCc2ccccc2)(C(=O)O)CC1. The highest BCUT2D eigenvalue weighted by molar-refractivity contribution is 5.84. The standard InChI is InChI=1S/C17H23NO4/c1-2-13-8-10-17(11-9-13,15(19)20)18-16(21)22-12-14-6-4-3-5-7-14/h3-7,13H,2,8-12H2,1H3,(H,18,21)(H,19,20). The lowest BCUT2D eigenvalue weighted by Gasteiger charge is -2.36. The summed E-state index contributed by atoms with van der Waals surface area (Å²) in [7, 11) is 0. The van der Waals surface area contributed by atoms with Crippen molar-refractivity contribution in [1.29, 1.82) is 0 Å². The van der Waals surface area contributed by atoms with E-state index in [1.54, 1.807) is 0 Å². The largest absolute Gasteiger partial charge is 0.480 e. The summed E-state index contributed by atoms with van der Waals surface area (Å²) in [5, 5.41) is 12.1. The lowest BCUT2D eigenvalue weighted by Crippen LogP contribution is -2.56. The van der Waals surface area contributed by atoms with E-state index < -0.39 is 17.6 Å². The maximum Gasteiger partial charge on any atom is 0.408 e. The molecule has 5 nitrogen and oxygen atoms in total. The van der Waals surface area contributed by atoms with E-state index in [0.717, 1.165) is 24.8 Å². The average molecular weight is 305 g/mol. The predicted molar refractivity (Wildman–Crippen MR) is 82.4 cm³/mol. The highest BCUT2D eigenvalue weighted by Crippen LogP contribution is 2.34. The van der Waals surface area contributed by atoms with Crippen LogP contribution in [0.3, 0.4) is 0 Å². The molecule has 1 fully saturated rings. The highest BCUT2D eigenvalue weighted by Gasteiger charge is 2.43. The Morgan fingerprint density at radius 1 is 1.27 bits per heavy atom. The van der Waals surface area contributed by atoms with Crippen molar-refractivity contribution in [2.45, 2.75) is 51.2 Å². The molecule has 1 aliphatic carbocycles. The molecule has 2 N–H and O–H groups in total. The minimum absolute atomic E-state index is 0.139. The third-order valence-electron chi connectivity index (χ3n) is 4.50. The molecule has 0 aliphatic heterocycles. The smallest absolute Gasteiger partial charge is 0.408 e. The summed E-state index contributed by atoms with van der Waals surface area (Å²) < 4.78 is 5.15. The van der Waals surface area contributed by atoms with E-state index >= 15 is 0 Å². The molecule has 0 saturated heterocycles. The number of carbonyl (C=O) groups is 2. The van der Waals surface area contributed by atoms with E-state index in [2.05, 4.69) is 12.2 Å². The van der Waals surface area contributed by atoms with Crippen LogP contribution in [0.5, 0.6) is 0 Å². The van der Waals surface area contributed by atoms with Gasteiger partial charge in [-0.2, -0.15) is 0 Å². The second kappa shape index (κ2) is 7.29. The van der Waals surface area contributed by atoms with Gasteiger partial charge in [0.25, 0.3) is 0 Å². The highest BCUT2D eigenvalue weighted by atomic mass is 16.5. The first-order valence-corrected chi connectivity index (χ1v) is 7.78. The molecule has 0 unspecified atom stereocenters. The Labute approximate surface area is 130 Å². The lowest BCUT2D eigenvalue weighted by molar-refractivity contribution is -0.146. The molecular weight excluding hydrogens is 282 g/mol. The minimum atomic E-state index is -1.18. The summed E-state index contributed by atoms with van der Waals surface area (Å²) in [6.07, 6.45) is 2.95. The van der Waals surface area contributed by atoms with Gasteiger partial charge < -0.3 is 15.2 Å². The molecule has 1 amide bonds. The first-order valence-electron chi connectivity index (χ1n) is 7.78. The molecule has 1 aromatic carbocycles. The van der Waals surface area contributed by atoms with Gasteiger partial charge in [-0.3, -0.25) is 0 Å². The zero-order valence-corrected chi connectivity index (χ0v) is 12.9. The number of carboxylic acid groups (broad SMARTS) is 1. The number of amides is 1. The lowest BCUT2D eigenvalue weighted by atomic mass is 9.75. The summed E-state index contributed by atoms with van der Waals surface area (Å²) in [6.45, 7) is 2.25. The number of benzene rings is 1. The van der Waals surface area contributed by atoms with E-state index in [1.807, 2.05) is 30.3 Å². The van der Waals surface area contributed by atoms with Crippen LogP contribution in [0.4, 0.5) is 4.79 Å². The average Bonchev–Trinajstić information content (AvgIpc) is 2.54. The first-order chi connectivity index (χ1) is 10.6. The molecule has 0 atom stereocenters. The molecule has 120 valence electrons. The monoisotopic (exact) mass is 305 g/mol. The molecule has 1 saturated carbocycles. The van der Waals surface area contributed by atoms with Gasteiger partial charge in [0.05, 0.1) is 0 Å². The zero-order chi connectivity index (χ0) is 16.0. The summed E-state index contributed by atoms with van der Waals surface area (Å²) >= 11 is 0. The fraction of sp³-hybridized carbons (Fsp3) is 0.529. The van der Waals surface area contributed by atoms with Gasteiger partial charge in [-0.1, -0.05) is 43.7 Å². The number of alkyl carbamates (subject to hydrolysis) is 1. The Kier molecular flexibility index (Phi) is 5.41. The van der Waals surface area contributed by atoms with Gasteiger partial charge in [0.15, 0.2) is 0 Å². The number of rotatable bonds is 5. The van der Waals surface area contributed by atoms with Gasteiger partial charge in [-0.15, -0.1) is 0 Å². The fourth-order valence-corrected chi connectivity index (χ4v) is 2.93. The van der Waals surface area contributed by atoms with E-state index in [0.29, 0.717) is 18.8 Å². The number of hydrogen-bond acceptors (Lipinski definition) is 3. The summed E-state index contributed by atoms with van der Waals surface area (Å²) in [4.78, 5) is 23.6. The molecule has 0 bridgehead atoms. The molecular formula is C17H23NO4. The number of carbonyl (C=O) groups excluding carboxylic acids is 1. The molecule has 1 aliphatic rings. The van der Waals surface area contributed by atoms with Crippen LogP contribution in [0.1, 0.15) is 44.6 Å². The first kappa shape index (κ1) is 16.3. The quantitative estimate of drug-likeness (QED) is 0.875. The van der Waals surface area contributed by atoms with Gasteiger partial charge >= 0.3 is 12.1 Å². The van der Waals surface area contributed by atoms with Crippen molar-refractivity contribution in [2.75, 3.05) is 0 Å². The molecule has 0 aromatic heterocycles. The van der Waals surface area contributed by atoms with Crippen molar-refractivity contribution >= 4 is 12.1 Å². The third-order valence-corrected chi connectivity index (χ3v) is 4.50. The van der Waals surface area contributed by atoms with Crippen molar-refractivity contribution in [3.8, 4) is 0 Å². The van der Waals surface area contributed by atoms with Crippen molar-refractivity contribution in [1.82, 2.24) is 5.32 Å². The normalized spacial score (nSPS) is 24.5. The molecule has 0 spiro atoms. The summed E-state index contributed by atoms with van der Waals surface area (Å²) in [5.41, 5.74) is -0.309. The van der Waals surface area contributed by atoms with E-state index in [9.17, 15) is 14.7 Å². The Bertz CT molecular complexity index is 507. The van der Waals surface area contributed by atoms with Crippen LogP contribution in [-0.4, -0.2) is 22.7 Å². The van der Waals surface area contributed by atoms with Crippen LogP contribution < -0.4 is 5.32 Å². The molecule has 0 radical (unpaired) electrons. The van der Waals surface area contributed by atoms with Gasteiger partial charge in [0, 0.05) is 0 Å².